The first kappa shape index (κ1) is 21.8. The van der Waals surface area contributed by atoms with E-state index in [0.29, 0.717) is 22.9 Å². The molecule has 0 radical (unpaired) electrons. The van der Waals surface area contributed by atoms with E-state index in [1.165, 1.54) is 18.3 Å². The number of hydrogen-bond acceptors (Lipinski definition) is 7. The van der Waals surface area contributed by atoms with Crippen LogP contribution in [-0.4, -0.2) is 36.8 Å². The van der Waals surface area contributed by atoms with Crippen LogP contribution in [0.4, 0.5) is 5.00 Å². The number of anilines is 1. The van der Waals surface area contributed by atoms with Gasteiger partial charge in [0.15, 0.2) is 6.61 Å². The molecule has 0 saturated heterocycles. The van der Waals surface area contributed by atoms with Crippen LogP contribution in [0.1, 0.15) is 56.5 Å². The molecule has 8 heteroatoms. The van der Waals surface area contributed by atoms with Gasteiger partial charge < -0.3 is 19.6 Å². The summed E-state index contributed by atoms with van der Waals surface area (Å²) in [6.07, 6.45) is 0.700. The lowest BCUT2D eigenvalue weighted by molar-refractivity contribution is -0.148. The van der Waals surface area contributed by atoms with Gasteiger partial charge in [0.25, 0.3) is 5.91 Å². The van der Waals surface area contributed by atoms with Gasteiger partial charge in [-0.15, -0.1) is 11.3 Å². The second-order valence-electron chi connectivity index (χ2n) is 6.19. The maximum atomic E-state index is 12.2. The Morgan fingerprint density at radius 2 is 1.85 bits per heavy atom. The smallest absolute Gasteiger partial charge is 0.341 e. The van der Waals surface area contributed by atoms with Crippen LogP contribution in [-0.2, 0) is 30.3 Å². The Morgan fingerprint density at radius 3 is 2.42 bits per heavy atom. The Hall–Kier alpha value is -2.22. The predicted molar refractivity (Wildman–Crippen MR) is 98.3 cm³/mol. The normalized spacial score (nSPS) is 10.5. The monoisotopic (exact) mass is 383 g/mol. The van der Waals surface area contributed by atoms with Crippen molar-refractivity contribution in [2.24, 2.45) is 5.92 Å². The van der Waals surface area contributed by atoms with Crippen molar-refractivity contribution in [1.82, 2.24) is 0 Å². The predicted octanol–water partition coefficient (Wildman–Crippen LogP) is 2.97. The minimum Gasteiger partial charge on any atom is -0.462 e. The molecule has 0 aliphatic heterocycles. The average Bonchev–Trinajstić information content (AvgIpc) is 2.92. The van der Waals surface area contributed by atoms with Gasteiger partial charge in [0, 0.05) is 6.42 Å². The molecule has 1 N–H and O–H groups in total. The minimum atomic E-state index is -0.618. The van der Waals surface area contributed by atoms with Crippen molar-refractivity contribution in [1.29, 1.82) is 0 Å². The van der Waals surface area contributed by atoms with Gasteiger partial charge in [-0.1, -0.05) is 13.8 Å². The van der Waals surface area contributed by atoms with Gasteiger partial charge in [0.2, 0.25) is 0 Å². The molecule has 1 aromatic heterocycles. The van der Waals surface area contributed by atoms with Gasteiger partial charge >= 0.3 is 11.9 Å². The summed E-state index contributed by atoms with van der Waals surface area (Å²) in [6.45, 7) is 6.91. The molecule has 1 rings (SSSR count). The Labute approximate surface area is 157 Å². The van der Waals surface area contributed by atoms with Crippen molar-refractivity contribution in [2.75, 3.05) is 18.5 Å². The first-order chi connectivity index (χ1) is 12.2. The third-order valence-corrected chi connectivity index (χ3v) is 4.22. The molecule has 1 aromatic rings. The van der Waals surface area contributed by atoms with E-state index in [1.54, 1.807) is 6.92 Å². The Bertz CT molecular complexity index is 665. The van der Waals surface area contributed by atoms with Crippen molar-refractivity contribution in [3.8, 4) is 0 Å². The molecule has 1 heterocycles. The second-order valence-corrected chi connectivity index (χ2v) is 7.07. The molecule has 0 atom stereocenters. The van der Waals surface area contributed by atoms with Crippen LogP contribution in [0, 0.1) is 5.92 Å². The number of carbonyl (C=O) groups excluding carboxylic acids is 4. The summed E-state index contributed by atoms with van der Waals surface area (Å²) < 4.78 is 9.91. The summed E-state index contributed by atoms with van der Waals surface area (Å²) in [5.41, 5.74) is 1.17. The molecule has 0 aliphatic rings. The SMILES string of the molecule is CCOC(=O)c1c(CC(C)C)csc1NC(=O)COC(=O)CCC(C)=O. The fourth-order valence-corrected chi connectivity index (χ4v) is 3.14. The number of nitrogens with one attached hydrogen (secondary N) is 1. The number of amides is 1. The van der Waals surface area contributed by atoms with E-state index < -0.39 is 24.5 Å². The standard InChI is InChI=1S/C18H25NO6S/c1-5-24-18(23)16-13(8-11(2)3)10-26-17(16)19-14(21)9-25-15(22)7-6-12(4)20/h10-11H,5-9H2,1-4H3,(H,19,21). The molecule has 0 fully saturated rings. The lowest BCUT2D eigenvalue weighted by atomic mass is 10.0. The first-order valence-electron chi connectivity index (χ1n) is 8.46. The average molecular weight is 383 g/mol. The summed E-state index contributed by atoms with van der Waals surface area (Å²) in [7, 11) is 0. The molecular weight excluding hydrogens is 358 g/mol. The highest BCUT2D eigenvalue weighted by atomic mass is 32.1. The van der Waals surface area contributed by atoms with E-state index in [4.69, 9.17) is 9.47 Å². The Kier molecular flexibility index (Phi) is 8.98. The summed E-state index contributed by atoms with van der Waals surface area (Å²) in [5, 5.41) is 4.80. The van der Waals surface area contributed by atoms with E-state index >= 15 is 0 Å². The van der Waals surface area contributed by atoms with E-state index in [-0.39, 0.29) is 25.2 Å². The van der Waals surface area contributed by atoms with Crippen LogP contribution in [0.3, 0.4) is 0 Å². The number of hydrogen-bond donors (Lipinski definition) is 1. The molecule has 144 valence electrons. The highest BCUT2D eigenvalue weighted by molar-refractivity contribution is 7.15. The van der Waals surface area contributed by atoms with Crippen molar-refractivity contribution in [3.05, 3.63) is 16.5 Å². The molecule has 0 aromatic carbocycles. The lowest BCUT2D eigenvalue weighted by Crippen LogP contribution is -2.22. The van der Waals surface area contributed by atoms with Crippen molar-refractivity contribution in [2.45, 2.75) is 47.0 Å². The van der Waals surface area contributed by atoms with Gasteiger partial charge in [-0.25, -0.2) is 4.79 Å². The van der Waals surface area contributed by atoms with E-state index in [9.17, 15) is 19.2 Å². The number of rotatable bonds is 10. The molecule has 0 spiro atoms. The zero-order valence-corrected chi connectivity index (χ0v) is 16.4. The van der Waals surface area contributed by atoms with Crippen molar-refractivity contribution < 1.29 is 28.7 Å². The number of Topliss-reactive ketones (excluding diaryl/α,β-unsaturated/α-hetero) is 1. The summed E-state index contributed by atoms with van der Waals surface area (Å²) in [4.78, 5) is 46.6. The zero-order valence-electron chi connectivity index (χ0n) is 15.5. The summed E-state index contributed by atoms with van der Waals surface area (Å²) in [5.74, 6) is -1.44. The van der Waals surface area contributed by atoms with Crippen molar-refractivity contribution >= 4 is 40.0 Å². The number of carbonyl (C=O) groups is 4. The Balaban J connectivity index is 2.74. The second kappa shape index (κ2) is 10.7. The zero-order chi connectivity index (χ0) is 19.7. The highest BCUT2D eigenvalue weighted by Gasteiger charge is 2.22. The van der Waals surface area contributed by atoms with Crippen molar-refractivity contribution in [3.63, 3.8) is 0 Å². The molecule has 0 bridgehead atoms. The van der Waals surface area contributed by atoms with Gasteiger partial charge in [0.1, 0.15) is 10.8 Å². The van der Waals surface area contributed by atoms with Crippen LogP contribution in [0.2, 0.25) is 0 Å². The highest BCUT2D eigenvalue weighted by Crippen LogP contribution is 2.30. The number of thiophene rings is 1. The van der Waals surface area contributed by atoms with E-state index in [1.807, 2.05) is 19.2 Å². The minimum absolute atomic E-state index is 0.0613. The number of ketones is 1. The van der Waals surface area contributed by atoms with Crippen LogP contribution < -0.4 is 5.32 Å². The van der Waals surface area contributed by atoms with Crippen LogP contribution >= 0.6 is 11.3 Å². The Morgan fingerprint density at radius 1 is 1.15 bits per heavy atom. The fourth-order valence-electron chi connectivity index (χ4n) is 2.16. The number of esters is 2. The largest absolute Gasteiger partial charge is 0.462 e. The van der Waals surface area contributed by atoms with Gasteiger partial charge in [-0.3, -0.25) is 9.59 Å². The van der Waals surface area contributed by atoms with Crippen LogP contribution in [0.5, 0.6) is 0 Å². The van der Waals surface area contributed by atoms with E-state index in [2.05, 4.69) is 5.32 Å². The third-order valence-electron chi connectivity index (χ3n) is 3.27. The molecule has 1 amide bonds. The van der Waals surface area contributed by atoms with E-state index in [0.717, 1.165) is 5.56 Å². The number of ether oxygens (including phenoxy) is 2. The fraction of sp³-hybridized carbons (Fsp3) is 0.556. The summed E-state index contributed by atoms with van der Waals surface area (Å²) >= 11 is 1.23. The first-order valence-corrected chi connectivity index (χ1v) is 9.34. The topological polar surface area (TPSA) is 98.8 Å². The van der Waals surface area contributed by atoms with Gasteiger partial charge in [0.05, 0.1) is 18.6 Å². The summed E-state index contributed by atoms with van der Waals surface area (Å²) in [6, 6.07) is 0. The van der Waals surface area contributed by atoms with Gasteiger partial charge in [-0.2, -0.15) is 0 Å². The van der Waals surface area contributed by atoms with Crippen LogP contribution in [0.25, 0.3) is 0 Å². The quantitative estimate of drug-likeness (QED) is 0.624. The molecular formula is C18H25NO6S. The molecule has 0 unspecified atom stereocenters. The molecule has 0 saturated carbocycles. The molecule has 26 heavy (non-hydrogen) atoms. The van der Waals surface area contributed by atoms with Gasteiger partial charge in [-0.05, 0) is 37.1 Å². The molecule has 7 nitrogen and oxygen atoms in total. The maximum Gasteiger partial charge on any atom is 0.341 e. The van der Waals surface area contributed by atoms with Crippen LogP contribution in [0.15, 0.2) is 5.38 Å². The maximum absolute atomic E-state index is 12.2. The third kappa shape index (κ3) is 7.35. The molecule has 0 aliphatic carbocycles. The lowest BCUT2D eigenvalue weighted by Gasteiger charge is -2.10.